The van der Waals surface area contributed by atoms with Crippen molar-refractivity contribution in [3.63, 3.8) is 0 Å². The zero-order valence-corrected chi connectivity index (χ0v) is 17.4. The number of rotatable bonds is 6. The van der Waals surface area contributed by atoms with E-state index in [2.05, 4.69) is 15.6 Å². The second-order valence-corrected chi connectivity index (χ2v) is 7.81. The van der Waals surface area contributed by atoms with Gasteiger partial charge in [0, 0.05) is 23.0 Å². The lowest BCUT2D eigenvalue weighted by Gasteiger charge is -2.11. The smallest absolute Gasteiger partial charge is 0.340 e. The first-order valence-corrected chi connectivity index (χ1v) is 9.80. The van der Waals surface area contributed by atoms with Gasteiger partial charge in [0.2, 0.25) is 0 Å². The normalized spacial score (nSPS) is 13.3. The highest BCUT2D eigenvalue weighted by molar-refractivity contribution is 6.07. The number of aromatic amines is 1. The molecule has 0 atom stereocenters. The number of amides is 2. The third-order valence-electron chi connectivity index (χ3n) is 4.87. The molecule has 1 aromatic heterocycles. The second kappa shape index (κ2) is 8.11. The van der Waals surface area contributed by atoms with E-state index in [0.717, 1.165) is 18.4 Å². The van der Waals surface area contributed by atoms with Crippen molar-refractivity contribution in [3.05, 3.63) is 51.8 Å². The minimum atomic E-state index is -0.458. The van der Waals surface area contributed by atoms with Crippen LogP contribution in [0.1, 0.15) is 74.7 Å². The van der Waals surface area contributed by atoms with Gasteiger partial charge < -0.3 is 20.4 Å². The fourth-order valence-corrected chi connectivity index (χ4v) is 3.14. The first-order chi connectivity index (χ1) is 13.7. The summed E-state index contributed by atoms with van der Waals surface area (Å²) in [5, 5.41) is 5.79. The van der Waals surface area contributed by atoms with E-state index in [-0.39, 0.29) is 24.0 Å². The Bertz CT molecular complexity index is 971. The molecular formula is C22H27N3O4. The van der Waals surface area contributed by atoms with Crippen molar-refractivity contribution >= 4 is 23.5 Å². The largest absolute Gasteiger partial charge is 0.459 e. The number of hydrogen-bond donors (Lipinski definition) is 3. The van der Waals surface area contributed by atoms with Crippen LogP contribution in [0.15, 0.2) is 18.2 Å². The van der Waals surface area contributed by atoms with Gasteiger partial charge >= 0.3 is 5.97 Å². The number of carbonyl (C=O) groups is 3. The molecule has 0 unspecified atom stereocenters. The molecule has 1 fully saturated rings. The van der Waals surface area contributed by atoms with Gasteiger partial charge in [-0.15, -0.1) is 0 Å². The predicted molar refractivity (Wildman–Crippen MR) is 110 cm³/mol. The van der Waals surface area contributed by atoms with Gasteiger partial charge in [0.1, 0.15) is 5.69 Å². The third kappa shape index (κ3) is 4.67. The fourth-order valence-electron chi connectivity index (χ4n) is 3.14. The number of hydrogen-bond acceptors (Lipinski definition) is 4. The summed E-state index contributed by atoms with van der Waals surface area (Å²) in [5.41, 5.74) is 3.67. The molecule has 0 spiro atoms. The molecule has 7 heteroatoms. The van der Waals surface area contributed by atoms with Crippen LogP contribution in [0.4, 0.5) is 5.69 Å². The van der Waals surface area contributed by atoms with Gasteiger partial charge in [-0.2, -0.15) is 0 Å². The quantitative estimate of drug-likeness (QED) is 0.648. The van der Waals surface area contributed by atoms with E-state index in [4.69, 9.17) is 4.74 Å². The number of aromatic nitrogens is 1. The lowest BCUT2D eigenvalue weighted by atomic mass is 10.1. The molecule has 1 aliphatic carbocycles. The molecule has 1 saturated carbocycles. The SMILES string of the molecule is Cc1ccc(C(=O)NC2CC2)cc1NC(=O)c1[nH]c(C)c(C(=O)OC(C)C)c1C. The molecular weight excluding hydrogens is 370 g/mol. The van der Waals surface area contributed by atoms with Crippen LogP contribution in [0.3, 0.4) is 0 Å². The molecule has 1 aromatic carbocycles. The van der Waals surface area contributed by atoms with Gasteiger partial charge in [0.15, 0.2) is 0 Å². The zero-order valence-electron chi connectivity index (χ0n) is 17.4. The zero-order chi connectivity index (χ0) is 21.3. The number of anilines is 1. The van der Waals surface area contributed by atoms with Gasteiger partial charge in [0.05, 0.1) is 11.7 Å². The Balaban J connectivity index is 1.81. The number of carbonyl (C=O) groups excluding carboxylic acids is 3. The number of H-pyrrole nitrogens is 1. The standard InChI is InChI=1S/C22H27N3O4/c1-11(2)29-22(28)18-13(4)19(23-14(18)5)21(27)25-17-10-15(7-6-12(17)3)20(26)24-16-8-9-16/h6-7,10-11,16,23H,8-9H2,1-5H3,(H,24,26)(H,25,27). The Morgan fingerprint density at radius 3 is 2.41 bits per heavy atom. The summed E-state index contributed by atoms with van der Waals surface area (Å²) in [4.78, 5) is 40.5. The van der Waals surface area contributed by atoms with Gasteiger partial charge in [-0.05, 0) is 70.7 Å². The summed E-state index contributed by atoms with van der Waals surface area (Å²) in [7, 11) is 0. The number of benzene rings is 1. The van der Waals surface area contributed by atoms with Crippen LogP contribution in [0.2, 0.25) is 0 Å². The summed E-state index contributed by atoms with van der Waals surface area (Å²) < 4.78 is 5.27. The molecule has 154 valence electrons. The number of nitrogens with one attached hydrogen (secondary N) is 3. The lowest BCUT2D eigenvalue weighted by molar-refractivity contribution is 0.0376. The maximum Gasteiger partial charge on any atom is 0.340 e. The molecule has 0 saturated heterocycles. The number of aryl methyl sites for hydroxylation is 2. The van der Waals surface area contributed by atoms with Crippen LogP contribution in [-0.2, 0) is 4.74 Å². The number of esters is 1. The van der Waals surface area contributed by atoms with E-state index in [1.165, 1.54) is 0 Å². The maximum absolute atomic E-state index is 12.9. The van der Waals surface area contributed by atoms with Crippen LogP contribution >= 0.6 is 0 Å². The van der Waals surface area contributed by atoms with E-state index >= 15 is 0 Å². The van der Waals surface area contributed by atoms with Crippen molar-refractivity contribution < 1.29 is 19.1 Å². The van der Waals surface area contributed by atoms with Crippen LogP contribution < -0.4 is 10.6 Å². The Hall–Kier alpha value is -3.09. The van der Waals surface area contributed by atoms with Crippen molar-refractivity contribution in [1.29, 1.82) is 0 Å². The van der Waals surface area contributed by atoms with E-state index in [0.29, 0.717) is 33.8 Å². The average Bonchev–Trinajstić information content (AvgIpc) is 3.39. The van der Waals surface area contributed by atoms with E-state index < -0.39 is 5.97 Å². The van der Waals surface area contributed by atoms with E-state index in [1.54, 1.807) is 45.9 Å². The van der Waals surface area contributed by atoms with Crippen LogP contribution in [0.5, 0.6) is 0 Å². The van der Waals surface area contributed by atoms with Crippen molar-refractivity contribution in [1.82, 2.24) is 10.3 Å². The Morgan fingerprint density at radius 1 is 1.10 bits per heavy atom. The molecule has 1 aliphatic rings. The summed E-state index contributed by atoms with van der Waals surface area (Å²) >= 11 is 0. The van der Waals surface area contributed by atoms with E-state index in [1.807, 2.05) is 6.92 Å². The molecule has 0 radical (unpaired) electrons. The van der Waals surface area contributed by atoms with E-state index in [9.17, 15) is 14.4 Å². The summed E-state index contributed by atoms with van der Waals surface area (Å²) in [6.07, 6.45) is 1.77. The first-order valence-electron chi connectivity index (χ1n) is 9.80. The fraction of sp³-hybridized carbons (Fsp3) is 0.409. The summed E-state index contributed by atoms with van der Waals surface area (Å²) in [5.74, 6) is -0.981. The Morgan fingerprint density at radius 2 is 1.79 bits per heavy atom. The highest BCUT2D eigenvalue weighted by Crippen LogP contribution is 2.24. The van der Waals surface area contributed by atoms with Crippen LogP contribution in [0.25, 0.3) is 0 Å². The first kappa shape index (κ1) is 20.6. The molecule has 0 aliphatic heterocycles. The monoisotopic (exact) mass is 397 g/mol. The number of ether oxygens (including phenoxy) is 1. The highest BCUT2D eigenvalue weighted by Gasteiger charge is 2.25. The van der Waals surface area contributed by atoms with Crippen LogP contribution in [0, 0.1) is 20.8 Å². The molecule has 7 nitrogen and oxygen atoms in total. The molecule has 2 amide bonds. The highest BCUT2D eigenvalue weighted by atomic mass is 16.5. The van der Waals surface area contributed by atoms with Crippen molar-refractivity contribution in [3.8, 4) is 0 Å². The average molecular weight is 397 g/mol. The van der Waals surface area contributed by atoms with Gasteiger partial charge in [0.25, 0.3) is 11.8 Å². The molecule has 3 N–H and O–H groups in total. The minimum Gasteiger partial charge on any atom is -0.459 e. The topological polar surface area (TPSA) is 100 Å². The van der Waals surface area contributed by atoms with Gasteiger partial charge in [-0.25, -0.2) is 4.79 Å². The summed E-state index contributed by atoms with van der Waals surface area (Å²) in [6, 6.07) is 5.47. The second-order valence-electron chi connectivity index (χ2n) is 7.81. The van der Waals surface area contributed by atoms with Gasteiger partial charge in [-0.3, -0.25) is 9.59 Å². The maximum atomic E-state index is 12.9. The summed E-state index contributed by atoms with van der Waals surface area (Å²) in [6.45, 7) is 8.85. The van der Waals surface area contributed by atoms with Crippen LogP contribution in [-0.4, -0.2) is 34.9 Å². The Kier molecular flexibility index (Phi) is 5.77. The van der Waals surface area contributed by atoms with Crippen molar-refractivity contribution in [2.45, 2.75) is 59.6 Å². The molecule has 0 bridgehead atoms. The molecule has 1 heterocycles. The lowest BCUT2D eigenvalue weighted by Crippen LogP contribution is -2.25. The predicted octanol–water partition coefficient (Wildman–Crippen LogP) is 3.65. The third-order valence-corrected chi connectivity index (χ3v) is 4.87. The Labute approximate surface area is 170 Å². The molecule has 2 aromatic rings. The van der Waals surface area contributed by atoms with Crippen molar-refractivity contribution in [2.24, 2.45) is 0 Å². The molecule has 29 heavy (non-hydrogen) atoms. The molecule has 3 rings (SSSR count). The van der Waals surface area contributed by atoms with Gasteiger partial charge in [-0.1, -0.05) is 6.07 Å². The van der Waals surface area contributed by atoms with Crippen molar-refractivity contribution in [2.75, 3.05) is 5.32 Å². The minimum absolute atomic E-state index is 0.145.